The summed E-state index contributed by atoms with van der Waals surface area (Å²) in [5, 5.41) is 4.89. The lowest BCUT2D eigenvalue weighted by Gasteiger charge is -2.03. The molecule has 1 aromatic heterocycles. The molecule has 1 aromatic carbocycles. The van der Waals surface area contributed by atoms with E-state index >= 15 is 0 Å². The summed E-state index contributed by atoms with van der Waals surface area (Å²) in [5.41, 5.74) is 0.609. The predicted octanol–water partition coefficient (Wildman–Crippen LogP) is 1.90. The van der Waals surface area contributed by atoms with Crippen molar-refractivity contribution in [2.75, 3.05) is 0 Å². The zero-order valence-corrected chi connectivity index (χ0v) is 10.9. The third-order valence-electron chi connectivity index (χ3n) is 3.13. The SMILES string of the molecule is O=CCn1nc(-c2ccc(Cl)cc2)n(C2CC2)c1=O. The Labute approximate surface area is 114 Å². The molecule has 1 saturated carbocycles. The molecule has 6 heteroatoms. The molecule has 2 aromatic rings. The van der Waals surface area contributed by atoms with Crippen molar-refractivity contribution in [3.8, 4) is 11.4 Å². The first-order valence-corrected chi connectivity index (χ1v) is 6.47. The first-order valence-electron chi connectivity index (χ1n) is 6.09. The summed E-state index contributed by atoms with van der Waals surface area (Å²) in [6.07, 6.45) is 2.64. The first kappa shape index (κ1) is 12.2. The van der Waals surface area contributed by atoms with Gasteiger partial charge in [0.2, 0.25) is 0 Å². The molecule has 1 aliphatic carbocycles. The van der Waals surface area contributed by atoms with E-state index < -0.39 is 0 Å². The highest BCUT2D eigenvalue weighted by molar-refractivity contribution is 6.30. The van der Waals surface area contributed by atoms with Crippen LogP contribution in [0.1, 0.15) is 18.9 Å². The molecule has 0 N–H and O–H groups in total. The minimum absolute atomic E-state index is 0.0147. The molecule has 1 fully saturated rings. The van der Waals surface area contributed by atoms with Crippen LogP contribution in [0.2, 0.25) is 5.02 Å². The minimum Gasteiger partial charge on any atom is -0.301 e. The Hall–Kier alpha value is -1.88. The molecule has 0 radical (unpaired) electrons. The number of halogens is 1. The first-order chi connectivity index (χ1) is 9.20. The number of nitrogens with zero attached hydrogens (tertiary/aromatic N) is 3. The monoisotopic (exact) mass is 277 g/mol. The summed E-state index contributed by atoms with van der Waals surface area (Å²) in [4.78, 5) is 22.8. The fourth-order valence-electron chi connectivity index (χ4n) is 2.07. The number of hydrogen-bond donors (Lipinski definition) is 0. The van der Waals surface area contributed by atoms with Crippen molar-refractivity contribution >= 4 is 17.9 Å². The Morgan fingerprint density at radius 2 is 2.00 bits per heavy atom. The predicted molar refractivity (Wildman–Crippen MR) is 71.3 cm³/mol. The molecule has 98 valence electrons. The van der Waals surface area contributed by atoms with Crippen molar-refractivity contribution in [2.45, 2.75) is 25.4 Å². The number of aromatic nitrogens is 3. The highest BCUT2D eigenvalue weighted by atomic mass is 35.5. The molecular weight excluding hydrogens is 266 g/mol. The Morgan fingerprint density at radius 3 is 2.58 bits per heavy atom. The second-order valence-corrected chi connectivity index (χ2v) is 5.00. The molecule has 0 aliphatic heterocycles. The summed E-state index contributed by atoms with van der Waals surface area (Å²) in [7, 11) is 0. The summed E-state index contributed by atoms with van der Waals surface area (Å²) in [6, 6.07) is 7.38. The van der Waals surface area contributed by atoms with Crippen LogP contribution in [-0.2, 0) is 11.3 Å². The summed E-state index contributed by atoms with van der Waals surface area (Å²) in [6.45, 7) is -0.0147. The standard InChI is InChI=1S/C13H12ClN3O2/c14-10-3-1-9(2-4-10)12-15-16(7-8-18)13(19)17(12)11-5-6-11/h1-4,8,11H,5-7H2. The number of carbonyl (C=O) groups is 1. The zero-order valence-electron chi connectivity index (χ0n) is 10.1. The van der Waals surface area contributed by atoms with E-state index in [1.165, 1.54) is 4.68 Å². The molecule has 0 saturated heterocycles. The van der Waals surface area contributed by atoms with Crippen LogP contribution in [0, 0.1) is 0 Å². The number of hydrogen-bond acceptors (Lipinski definition) is 3. The van der Waals surface area contributed by atoms with Crippen molar-refractivity contribution in [2.24, 2.45) is 0 Å². The number of rotatable bonds is 4. The molecule has 0 spiro atoms. The lowest BCUT2D eigenvalue weighted by atomic mass is 10.2. The van der Waals surface area contributed by atoms with E-state index in [2.05, 4.69) is 5.10 Å². The summed E-state index contributed by atoms with van der Waals surface area (Å²) < 4.78 is 2.88. The van der Waals surface area contributed by atoms with E-state index in [0.29, 0.717) is 17.1 Å². The third-order valence-corrected chi connectivity index (χ3v) is 3.38. The normalized spacial score (nSPS) is 14.6. The Bertz CT molecular complexity index is 668. The Kier molecular flexibility index (Phi) is 2.98. The van der Waals surface area contributed by atoms with Gasteiger partial charge in [-0.15, -0.1) is 5.10 Å². The minimum atomic E-state index is -0.223. The van der Waals surface area contributed by atoms with Gasteiger partial charge >= 0.3 is 5.69 Å². The van der Waals surface area contributed by atoms with Gasteiger partial charge in [0.25, 0.3) is 0 Å². The van der Waals surface area contributed by atoms with E-state index in [1.54, 1.807) is 16.7 Å². The molecule has 0 unspecified atom stereocenters. The van der Waals surface area contributed by atoms with Crippen LogP contribution in [0.25, 0.3) is 11.4 Å². The van der Waals surface area contributed by atoms with Crippen molar-refractivity contribution in [3.05, 3.63) is 39.8 Å². The van der Waals surface area contributed by atoms with E-state index in [0.717, 1.165) is 18.4 Å². The van der Waals surface area contributed by atoms with Gasteiger partial charge in [0.1, 0.15) is 12.8 Å². The van der Waals surface area contributed by atoms with Crippen LogP contribution in [0.3, 0.4) is 0 Å². The van der Waals surface area contributed by atoms with Crippen molar-refractivity contribution in [1.82, 2.24) is 14.3 Å². The van der Waals surface area contributed by atoms with E-state index in [4.69, 9.17) is 11.6 Å². The molecule has 1 heterocycles. The highest BCUT2D eigenvalue weighted by Crippen LogP contribution is 2.36. The van der Waals surface area contributed by atoms with Crippen LogP contribution < -0.4 is 5.69 Å². The molecule has 0 atom stereocenters. The Morgan fingerprint density at radius 1 is 1.32 bits per heavy atom. The molecular formula is C13H12ClN3O2. The molecule has 0 amide bonds. The molecule has 19 heavy (non-hydrogen) atoms. The topological polar surface area (TPSA) is 56.9 Å². The average molecular weight is 278 g/mol. The largest absolute Gasteiger partial charge is 0.346 e. The lowest BCUT2D eigenvalue weighted by molar-refractivity contribution is -0.108. The van der Waals surface area contributed by atoms with Gasteiger partial charge < -0.3 is 4.79 Å². The molecule has 3 rings (SSSR count). The maximum atomic E-state index is 12.2. The maximum Gasteiger partial charge on any atom is 0.346 e. The smallest absolute Gasteiger partial charge is 0.301 e. The van der Waals surface area contributed by atoms with E-state index in [-0.39, 0.29) is 18.3 Å². The van der Waals surface area contributed by atoms with Gasteiger partial charge in [-0.2, -0.15) is 0 Å². The maximum absolute atomic E-state index is 12.2. The van der Waals surface area contributed by atoms with Crippen molar-refractivity contribution in [1.29, 1.82) is 0 Å². The lowest BCUT2D eigenvalue weighted by Crippen LogP contribution is -2.25. The van der Waals surface area contributed by atoms with Gasteiger partial charge in [-0.1, -0.05) is 11.6 Å². The van der Waals surface area contributed by atoms with Crippen LogP contribution in [0.5, 0.6) is 0 Å². The van der Waals surface area contributed by atoms with E-state index in [1.807, 2.05) is 12.1 Å². The van der Waals surface area contributed by atoms with Gasteiger partial charge in [-0.3, -0.25) is 4.57 Å². The van der Waals surface area contributed by atoms with Crippen LogP contribution >= 0.6 is 11.6 Å². The van der Waals surface area contributed by atoms with E-state index in [9.17, 15) is 9.59 Å². The molecule has 5 nitrogen and oxygen atoms in total. The quantitative estimate of drug-likeness (QED) is 0.802. The van der Waals surface area contributed by atoms with Gasteiger partial charge in [-0.05, 0) is 37.1 Å². The van der Waals surface area contributed by atoms with Gasteiger partial charge in [0, 0.05) is 16.6 Å². The molecule has 1 aliphatic rings. The van der Waals surface area contributed by atoms with Crippen molar-refractivity contribution < 1.29 is 4.79 Å². The zero-order chi connectivity index (χ0) is 13.4. The van der Waals surface area contributed by atoms with Crippen LogP contribution in [-0.4, -0.2) is 20.6 Å². The molecule has 0 bridgehead atoms. The number of benzene rings is 1. The number of carbonyl (C=O) groups excluding carboxylic acids is 1. The Balaban J connectivity index is 2.13. The highest BCUT2D eigenvalue weighted by Gasteiger charge is 2.30. The van der Waals surface area contributed by atoms with Crippen LogP contribution in [0.4, 0.5) is 0 Å². The second-order valence-electron chi connectivity index (χ2n) is 4.56. The fourth-order valence-corrected chi connectivity index (χ4v) is 2.19. The summed E-state index contributed by atoms with van der Waals surface area (Å²) >= 11 is 5.86. The second kappa shape index (κ2) is 4.66. The van der Waals surface area contributed by atoms with Gasteiger partial charge in [0.15, 0.2) is 5.82 Å². The van der Waals surface area contributed by atoms with Crippen molar-refractivity contribution in [3.63, 3.8) is 0 Å². The average Bonchev–Trinajstić information content (AvgIpc) is 3.18. The van der Waals surface area contributed by atoms with Crippen LogP contribution in [0.15, 0.2) is 29.1 Å². The van der Waals surface area contributed by atoms with Gasteiger partial charge in [0.05, 0.1) is 0 Å². The third kappa shape index (κ3) is 2.21. The number of aldehydes is 1. The van der Waals surface area contributed by atoms with Gasteiger partial charge in [-0.25, -0.2) is 9.48 Å². The fraction of sp³-hybridized carbons (Fsp3) is 0.308. The summed E-state index contributed by atoms with van der Waals surface area (Å²) in [5.74, 6) is 0.603.